The third kappa shape index (κ3) is 7.11. The molecule has 2 saturated heterocycles. The van der Waals surface area contributed by atoms with Crippen LogP contribution in [0.5, 0.6) is 0 Å². The second-order valence-electron chi connectivity index (χ2n) is 7.93. The molecule has 1 amide bonds. The molecule has 14 heteroatoms. The minimum Gasteiger partial charge on any atom is -0.463 e. The van der Waals surface area contributed by atoms with Gasteiger partial charge >= 0.3 is 23.9 Å². The van der Waals surface area contributed by atoms with Gasteiger partial charge < -0.3 is 23.7 Å². The lowest BCUT2D eigenvalue weighted by Gasteiger charge is -2.46. The average Bonchev–Trinajstić information content (AvgIpc) is 3.07. The van der Waals surface area contributed by atoms with Crippen molar-refractivity contribution in [3.05, 3.63) is 35.0 Å². The Morgan fingerprint density at radius 2 is 1.65 bits per heavy atom. The van der Waals surface area contributed by atoms with Gasteiger partial charge in [-0.3, -0.25) is 33.9 Å². The van der Waals surface area contributed by atoms with Gasteiger partial charge in [0.1, 0.15) is 12.7 Å². The molecule has 2 aliphatic rings. The van der Waals surface area contributed by atoms with E-state index >= 15 is 0 Å². The molecule has 2 aliphatic heterocycles. The number of carbonyl (C=O) groups excluding carboxylic acids is 5. The number of nitrogens with zero attached hydrogens (tertiary/aromatic N) is 2. The molecular formula is C23H24N2O10S2. The number of hydrogen-bond donors (Lipinski definition) is 0. The highest BCUT2D eigenvalue weighted by atomic mass is 32.2. The average molecular weight is 553 g/mol. The number of hydrogen-bond acceptors (Lipinski definition) is 13. The molecule has 37 heavy (non-hydrogen) atoms. The number of esters is 4. The zero-order valence-corrected chi connectivity index (χ0v) is 21.9. The number of thioether (sulfide) groups is 1. The van der Waals surface area contributed by atoms with Crippen molar-refractivity contribution in [3.8, 4) is 0 Å². The molecule has 0 aliphatic carbocycles. The fraction of sp³-hybridized carbons (Fsp3) is 0.435. The van der Waals surface area contributed by atoms with Gasteiger partial charge in [-0.25, -0.2) is 0 Å². The van der Waals surface area contributed by atoms with E-state index in [4.69, 9.17) is 35.9 Å². The maximum atomic E-state index is 13.4. The van der Waals surface area contributed by atoms with Gasteiger partial charge in [0.25, 0.3) is 5.91 Å². The monoisotopic (exact) mass is 552 g/mol. The first-order valence-corrected chi connectivity index (χ1v) is 12.2. The maximum absolute atomic E-state index is 13.4. The van der Waals surface area contributed by atoms with Crippen molar-refractivity contribution < 1.29 is 47.7 Å². The molecule has 5 atom stereocenters. The molecule has 0 radical (unpaired) electrons. The number of pyridine rings is 1. The van der Waals surface area contributed by atoms with Crippen molar-refractivity contribution in [3.63, 3.8) is 0 Å². The summed E-state index contributed by atoms with van der Waals surface area (Å²) >= 11 is 6.42. The van der Waals surface area contributed by atoms with Crippen molar-refractivity contribution in [2.45, 2.75) is 58.3 Å². The lowest BCUT2D eigenvalue weighted by Crippen LogP contribution is -2.66. The summed E-state index contributed by atoms with van der Waals surface area (Å²) in [6.07, 6.45) is -2.10. The van der Waals surface area contributed by atoms with Gasteiger partial charge in [-0.15, -0.1) is 0 Å². The summed E-state index contributed by atoms with van der Waals surface area (Å²) in [5.74, 6) is -3.55. The van der Waals surface area contributed by atoms with E-state index in [1.807, 2.05) is 0 Å². The van der Waals surface area contributed by atoms with E-state index in [-0.39, 0.29) is 9.23 Å². The van der Waals surface area contributed by atoms with Crippen molar-refractivity contribution in [2.24, 2.45) is 0 Å². The maximum Gasteiger partial charge on any atom is 0.303 e. The minimum atomic E-state index is -1.44. The molecule has 0 saturated carbocycles. The minimum absolute atomic E-state index is 0.0704. The highest BCUT2D eigenvalue weighted by Gasteiger charge is 2.56. The second-order valence-corrected chi connectivity index (χ2v) is 9.60. The first-order valence-electron chi connectivity index (χ1n) is 11.0. The molecule has 1 aromatic heterocycles. The van der Waals surface area contributed by atoms with Crippen LogP contribution in [-0.4, -0.2) is 81.2 Å². The van der Waals surface area contributed by atoms with Crippen LogP contribution in [0.25, 0.3) is 6.08 Å². The highest BCUT2D eigenvalue weighted by Crippen LogP contribution is 2.39. The lowest BCUT2D eigenvalue weighted by atomic mass is 9.96. The SMILES string of the molecule is CC(=O)OCC1OC(N2C(=O)/C(=C/c3cccnc3)SC2=S)C(OC(C)=O)C(OC(C)=O)C1OC(C)=O. The molecule has 198 valence electrons. The van der Waals surface area contributed by atoms with Crippen LogP contribution in [0.2, 0.25) is 0 Å². The van der Waals surface area contributed by atoms with E-state index in [2.05, 4.69) is 4.98 Å². The first kappa shape index (κ1) is 28.2. The van der Waals surface area contributed by atoms with Crippen LogP contribution in [0.3, 0.4) is 0 Å². The van der Waals surface area contributed by atoms with Crippen LogP contribution in [0.4, 0.5) is 0 Å². The Morgan fingerprint density at radius 1 is 1.03 bits per heavy atom. The summed E-state index contributed by atoms with van der Waals surface area (Å²) in [7, 11) is 0. The number of carbonyl (C=O) groups is 5. The number of rotatable bonds is 7. The molecule has 1 aromatic rings. The molecule has 2 fully saturated rings. The fourth-order valence-electron chi connectivity index (χ4n) is 3.73. The quantitative estimate of drug-likeness (QED) is 0.208. The third-order valence-corrected chi connectivity index (χ3v) is 6.36. The first-order chi connectivity index (χ1) is 17.5. The molecule has 0 bridgehead atoms. The smallest absolute Gasteiger partial charge is 0.303 e. The summed E-state index contributed by atoms with van der Waals surface area (Å²) in [6, 6.07) is 3.44. The Balaban J connectivity index is 2.05. The van der Waals surface area contributed by atoms with Crippen molar-refractivity contribution >= 4 is 64.2 Å². The Hall–Kier alpha value is -3.36. The van der Waals surface area contributed by atoms with Crippen LogP contribution in [0, 0.1) is 0 Å². The van der Waals surface area contributed by atoms with Gasteiger partial charge in [-0.1, -0.05) is 30.0 Å². The number of amides is 1. The van der Waals surface area contributed by atoms with Crippen LogP contribution < -0.4 is 0 Å². The summed E-state index contributed by atoms with van der Waals surface area (Å²) < 4.78 is 27.4. The van der Waals surface area contributed by atoms with E-state index in [1.54, 1.807) is 30.6 Å². The van der Waals surface area contributed by atoms with Gasteiger partial charge in [-0.05, 0) is 17.7 Å². The Kier molecular flexibility index (Phi) is 9.34. The molecule has 0 aromatic carbocycles. The Bertz CT molecular complexity index is 1130. The van der Waals surface area contributed by atoms with Gasteiger partial charge in [0.2, 0.25) is 0 Å². The molecular weight excluding hydrogens is 528 g/mol. The standard InChI is InChI=1S/C23H24N2O10S2/c1-11(26)31-10-16-18(32-12(2)27)19(33-13(3)28)20(34-14(4)29)22(35-16)25-21(30)17(37-23(25)36)8-15-6-5-7-24-9-15/h5-9,16,18-20,22H,10H2,1-4H3/b17-8-. The number of thiocarbonyl (C=S) groups is 1. The highest BCUT2D eigenvalue weighted by molar-refractivity contribution is 8.26. The van der Waals surface area contributed by atoms with Crippen molar-refractivity contribution in [1.82, 2.24) is 9.88 Å². The van der Waals surface area contributed by atoms with Gasteiger partial charge in [0, 0.05) is 40.1 Å². The van der Waals surface area contributed by atoms with E-state index in [0.29, 0.717) is 5.56 Å². The summed E-state index contributed by atoms with van der Waals surface area (Å²) in [6.45, 7) is 4.08. The largest absolute Gasteiger partial charge is 0.463 e. The summed E-state index contributed by atoms with van der Waals surface area (Å²) in [5, 5.41) is 0. The molecule has 3 rings (SSSR count). The van der Waals surface area contributed by atoms with Crippen LogP contribution >= 0.6 is 24.0 Å². The lowest BCUT2D eigenvalue weighted by molar-refractivity contribution is -0.268. The van der Waals surface area contributed by atoms with E-state index in [9.17, 15) is 24.0 Å². The predicted molar refractivity (Wildman–Crippen MR) is 131 cm³/mol. The van der Waals surface area contributed by atoms with E-state index < -0.39 is 67.0 Å². The normalized spacial score (nSPS) is 26.5. The van der Waals surface area contributed by atoms with E-state index in [0.717, 1.165) is 44.4 Å². The number of ether oxygens (including phenoxy) is 5. The van der Waals surface area contributed by atoms with Crippen molar-refractivity contribution in [1.29, 1.82) is 0 Å². The van der Waals surface area contributed by atoms with Gasteiger partial charge in [0.15, 0.2) is 28.9 Å². The fourth-order valence-corrected chi connectivity index (χ4v) is 5.04. The van der Waals surface area contributed by atoms with Crippen molar-refractivity contribution in [2.75, 3.05) is 6.61 Å². The van der Waals surface area contributed by atoms with Gasteiger partial charge in [0.05, 0.1) is 4.91 Å². The molecule has 0 N–H and O–H groups in total. The topological polar surface area (TPSA) is 148 Å². The molecule has 12 nitrogen and oxygen atoms in total. The Morgan fingerprint density at radius 3 is 2.22 bits per heavy atom. The van der Waals surface area contributed by atoms with Crippen LogP contribution in [0.15, 0.2) is 29.4 Å². The molecule has 0 spiro atoms. The zero-order chi connectivity index (χ0) is 27.3. The molecule has 5 unspecified atom stereocenters. The van der Waals surface area contributed by atoms with Crippen LogP contribution in [0.1, 0.15) is 33.3 Å². The third-order valence-electron chi connectivity index (χ3n) is 5.03. The Labute approximate surface area is 221 Å². The summed E-state index contributed by atoms with van der Waals surface area (Å²) in [4.78, 5) is 66.2. The van der Waals surface area contributed by atoms with Crippen LogP contribution in [-0.2, 0) is 47.7 Å². The molecule has 3 heterocycles. The van der Waals surface area contributed by atoms with Gasteiger partial charge in [-0.2, -0.15) is 0 Å². The van der Waals surface area contributed by atoms with E-state index in [1.165, 1.54) is 0 Å². The zero-order valence-electron chi connectivity index (χ0n) is 20.3. The predicted octanol–water partition coefficient (Wildman–Crippen LogP) is 1.37. The summed E-state index contributed by atoms with van der Waals surface area (Å²) in [5.41, 5.74) is 0.643. The number of aromatic nitrogens is 1. The second kappa shape index (κ2) is 12.3.